The first-order valence-corrected chi connectivity index (χ1v) is 11.9. The molecule has 3 aliphatic rings. The number of piperidine rings is 2. The van der Waals surface area contributed by atoms with Gasteiger partial charge in [0.1, 0.15) is 18.2 Å². The average molecular weight is 434 g/mol. The number of nitrogens with zero attached hydrogens (tertiary/aromatic N) is 5. The number of benzene rings is 2. The van der Waals surface area contributed by atoms with Crippen molar-refractivity contribution in [3.05, 3.63) is 70.3 Å². The number of nitro benzene ring substituents is 1. The maximum Gasteiger partial charge on any atom is 0.269 e. The van der Waals surface area contributed by atoms with Crippen LogP contribution in [-0.4, -0.2) is 59.1 Å². The van der Waals surface area contributed by atoms with Gasteiger partial charge >= 0.3 is 0 Å². The smallest absolute Gasteiger partial charge is 0.269 e. The zero-order chi connectivity index (χ0) is 21.9. The van der Waals surface area contributed by atoms with Crippen molar-refractivity contribution in [2.75, 3.05) is 31.1 Å². The first kappa shape index (κ1) is 21.1. The molecule has 168 valence electrons. The van der Waals surface area contributed by atoms with E-state index in [0.717, 1.165) is 43.3 Å². The first-order valence-electron chi connectivity index (χ1n) is 11.9. The van der Waals surface area contributed by atoms with E-state index in [2.05, 4.69) is 39.0 Å². The van der Waals surface area contributed by atoms with Gasteiger partial charge < -0.3 is 4.90 Å². The molecule has 2 aromatic carbocycles. The second-order valence-electron chi connectivity index (χ2n) is 8.98. The number of hydrogen-bond donors (Lipinski definition) is 0. The van der Waals surface area contributed by atoms with Gasteiger partial charge in [0.2, 0.25) is 0 Å². The highest BCUT2D eigenvalue weighted by Crippen LogP contribution is 2.35. The van der Waals surface area contributed by atoms with Gasteiger partial charge in [-0.2, -0.15) is 0 Å². The van der Waals surface area contributed by atoms with E-state index < -0.39 is 0 Å². The number of anilines is 1. The fourth-order valence-electron chi connectivity index (χ4n) is 5.31. The Morgan fingerprint density at radius 1 is 0.781 bits per heavy atom. The third-order valence-electron chi connectivity index (χ3n) is 6.91. The van der Waals surface area contributed by atoms with Crippen molar-refractivity contribution in [3.8, 4) is 0 Å². The van der Waals surface area contributed by atoms with Crippen molar-refractivity contribution in [2.45, 2.75) is 50.9 Å². The standard InChI is InChI=1S/C25H31N5O2/c31-30(32)22-14-12-21(13-15-22)29-23(20-10-4-1-5-11-20)26-24(27-16-6-2-7-17-27)25(29)28-18-8-3-9-19-28/h1,4-5,10-15,24-25H,2-3,6-9,16-19H2/t24-,25+/m0/s1. The van der Waals surface area contributed by atoms with Gasteiger partial charge in [0.15, 0.2) is 0 Å². The van der Waals surface area contributed by atoms with Crippen LogP contribution in [0.15, 0.2) is 59.6 Å². The summed E-state index contributed by atoms with van der Waals surface area (Å²) in [5, 5.41) is 11.2. The van der Waals surface area contributed by atoms with Gasteiger partial charge in [0, 0.05) is 49.6 Å². The maximum atomic E-state index is 11.2. The van der Waals surface area contributed by atoms with E-state index in [1.54, 1.807) is 12.1 Å². The van der Waals surface area contributed by atoms with Crippen LogP contribution in [-0.2, 0) is 0 Å². The summed E-state index contributed by atoms with van der Waals surface area (Å²) in [4.78, 5) is 23.7. The van der Waals surface area contributed by atoms with E-state index in [1.165, 1.54) is 38.5 Å². The molecule has 0 aromatic heterocycles. The van der Waals surface area contributed by atoms with Gasteiger partial charge in [-0.25, -0.2) is 4.99 Å². The third kappa shape index (κ3) is 4.14. The van der Waals surface area contributed by atoms with Crippen LogP contribution in [0.1, 0.15) is 44.1 Å². The molecule has 7 nitrogen and oxygen atoms in total. The minimum Gasteiger partial charge on any atom is -0.306 e. The van der Waals surface area contributed by atoms with Crippen LogP contribution < -0.4 is 4.90 Å². The molecule has 0 aliphatic carbocycles. The van der Waals surface area contributed by atoms with Gasteiger partial charge in [-0.1, -0.05) is 43.2 Å². The van der Waals surface area contributed by atoms with E-state index in [0.29, 0.717) is 0 Å². The summed E-state index contributed by atoms with van der Waals surface area (Å²) in [6.45, 7) is 4.29. The highest BCUT2D eigenvalue weighted by molar-refractivity contribution is 6.11. The highest BCUT2D eigenvalue weighted by Gasteiger charge is 2.44. The maximum absolute atomic E-state index is 11.2. The monoisotopic (exact) mass is 433 g/mol. The van der Waals surface area contributed by atoms with Crippen molar-refractivity contribution >= 4 is 17.2 Å². The summed E-state index contributed by atoms with van der Waals surface area (Å²) in [7, 11) is 0. The van der Waals surface area contributed by atoms with Gasteiger partial charge in [-0.3, -0.25) is 19.9 Å². The molecule has 2 saturated heterocycles. The molecule has 5 rings (SSSR count). The highest BCUT2D eigenvalue weighted by atomic mass is 16.6. The number of amidine groups is 1. The Morgan fingerprint density at radius 3 is 1.97 bits per heavy atom. The van der Waals surface area contributed by atoms with E-state index in [1.807, 2.05) is 18.2 Å². The Kier molecular flexibility index (Phi) is 6.19. The predicted molar refractivity (Wildman–Crippen MR) is 127 cm³/mol. The Bertz CT molecular complexity index is 950. The van der Waals surface area contributed by atoms with Crippen molar-refractivity contribution < 1.29 is 4.92 Å². The van der Waals surface area contributed by atoms with Gasteiger partial charge in [0.05, 0.1) is 4.92 Å². The molecule has 3 heterocycles. The topological polar surface area (TPSA) is 65.2 Å². The summed E-state index contributed by atoms with van der Waals surface area (Å²) in [5.74, 6) is 0.964. The Hall–Kier alpha value is -2.77. The summed E-state index contributed by atoms with van der Waals surface area (Å²) < 4.78 is 0. The summed E-state index contributed by atoms with van der Waals surface area (Å²) in [6.07, 6.45) is 7.59. The molecular weight excluding hydrogens is 402 g/mol. The molecule has 0 amide bonds. The fraction of sp³-hybridized carbons (Fsp3) is 0.480. The molecule has 3 aliphatic heterocycles. The quantitative estimate of drug-likeness (QED) is 0.514. The van der Waals surface area contributed by atoms with E-state index in [-0.39, 0.29) is 22.9 Å². The van der Waals surface area contributed by atoms with Crippen LogP contribution in [0.3, 0.4) is 0 Å². The van der Waals surface area contributed by atoms with Gasteiger partial charge in [-0.05, 0) is 37.8 Å². The molecule has 2 atom stereocenters. The lowest BCUT2D eigenvalue weighted by molar-refractivity contribution is -0.384. The number of aliphatic imine (C=N–C) groups is 1. The molecule has 0 radical (unpaired) electrons. The van der Waals surface area contributed by atoms with Crippen molar-refractivity contribution in [2.24, 2.45) is 4.99 Å². The van der Waals surface area contributed by atoms with Crippen LogP contribution in [0, 0.1) is 10.1 Å². The summed E-state index contributed by atoms with van der Waals surface area (Å²) in [6, 6.07) is 17.3. The van der Waals surface area contributed by atoms with Crippen molar-refractivity contribution in [1.29, 1.82) is 0 Å². The SMILES string of the molecule is O=[N+]([O-])c1ccc(N2C(c3ccccc3)=N[C@@H](N3CCCCC3)[C@@H]2N2CCCCC2)cc1. The molecule has 2 fully saturated rings. The Morgan fingerprint density at radius 2 is 1.38 bits per heavy atom. The molecule has 0 spiro atoms. The molecular formula is C25H31N5O2. The number of rotatable bonds is 5. The summed E-state index contributed by atoms with van der Waals surface area (Å²) >= 11 is 0. The van der Waals surface area contributed by atoms with E-state index in [4.69, 9.17) is 4.99 Å². The Labute approximate surface area is 189 Å². The number of nitro groups is 1. The zero-order valence-electron chi connectivity index (χ0n) is 18.5. The van der Waals surface area contributed by atoms with Gasteiger partial charge in [-0.15, -0.1) is 0 Å². The number of likely N-dealkylation sites (tertiary alicyclic amines) is 2. The molecule has 32 heavy (non-hydrogen) atoms. The van der Waals surface area contributed by atoms with Crippen molar-refractivity contribution in [3.63, 3.8) is 0 Å². The van der Waals surface area contributed by atoms with Crippen LogP contribution >= 0.6 is 0 Å². The second kappa shape index (κ2) is 9.38. The normalized spacial score (nSPS) is 25.0. The minimum atomic E-state index is -0.335. The molecule has 0 saturated carbocycles. The predicted octanol–water partition coefficient (Wildman–Crippen LogP) is 4.49. The second-order valence-corrected chi connectivity index (χ2v) is 8.98. The van der Waals surface area contributed by atoms with E-state index >= 15 is 0 Å². The lowest BCUT2D eigenvalue weighted by Gasteiger charge is -2.44. The zero-order valence-corrected chi connectivity index (χ0v) is 18.5. The number of hydrogen-bond acceptors (Lipinski definition) is 6. The van der Waals surface area contributed by atoms with Crippen molar-refractivity contribution in [1.82, 2.24) is 9.80 Å². The van der Waals surface area contributed by atoms with Crippen LogP contribution in [0.2, 0.25) is 0 Å². The fourth-order valence-corrected chi connectivity index (χ4v) is 5.31. The first-order chi connectivity index (χ1) is 15.7. The molecule has 7 heteroatoms. The molecule has 2 aromatic rings. The summed E-state index contributed by atoms with van der Waals surface area (Å²) in [5.41, 5.74) is 2.17. The minimum absolute atomic E-state index is 0.0683. The van der Waals surface area contributed by atoms with Gasteiger partial charge in [0.25, 0.3) is 5.69 Å². The molecule has 0 unspecified atom stereocenters. The largest absolute Gasteiger partial charge is 0.306 e. The van der Waals surface area contributed by atoms with E-state index in [9.17, 15) is 10.1 Å². The lowest BCUT2D eigenvalue weighted by atomic mass is 10.1. The average Bonchev–Trinajstić information content (AvgIpc) is 3.26. The van der Waals surface area contributed by atoms with Crippen LogP contribution in [0.5, 0.6) is 0 Å². The Balaban J connectivity index is 1.59. The number of non-ortho nitro benzene ring substituents is 1. The molecule has 0 bridgehead atoms. The van der Waals surface area contributed by atoms with Crippen LogP contribution in [0.25, 0.3) is 0 Å². The lowest BCUT2D eigenvalue weighted by Crippen LogP contribution is -2.58. The molecule has 0 N–H and O–H groups in total. The third-order valence-corrected chi connectivity index (χ3v) is 6.91. The van der Waals surface area contributed by atoms with Crippen LogP contribution in [0.4, 0.5) is 11.4 Å².